The Hall–Kier alpha value is -0.800. The van der Waals surface area contributed by atoms with Crippen LogP contribution in [0.2, 0.25) is 5.02 Å². The van der Waals surface area contributed by atoms with Gasteiger partial charge in [-0.25, -0.2) is 4.98 Å². The number of rotatable bonds is 3. The van der Waals surface area contributed by atoms with Crippen molar-refractivity contribution in [1.29, 1.82) is 0 Å². The van der Waals surface area contributed by atoms with Crippen LogP contribution in [-0.2, 0) is 6.54 Å². The molecule has 0 aromatic carbocycles. The maximum Gasteiger partial charge on any atom is 0.142 e. The summed E-state index contributed by atoms with van der Waals surface area (Å²) in [6.07, 6.45) is 1.73. The van der Waals surface area contributed by atoms with Gasteiger partial charge in [-0.3, -0.25) is 0 Å². The molecule has 0 fully saturated rings. The molecule has 3 N–H and O–H groups in total. The van der Waals surface area contributed by atoms with Gasteiger partial charge in [-0.2, -0.15) is 0 Å². The van der Waals surface area contributed by atoms with Crippen LogP contribution in [0.3, 0.4) is 0 Å². The molecule has 1 aromatic heterocycles. The lowest BCUT2D eigenvalue weighted by Crippen LogP contribution is -2.21. The molecule has 13 heavy (non-hydrogen) atoms. The van der Waals surface area contributed by atoms with Crippen LogP contribution in [0.25, 0.3) is 0 Å². The van der Waals surface area contributed by atoms with Gasteiger partial charge in [-0.1, -0.05) is 25.4 Å². The minimum Gasteiger partial charge on any atom is -0.382 e. The Balaban J connectivity index is 2.63. The number of anilines is 1. The van der Waals surface area contributed by atoms with E-state index in [1.807, 2.05) is 6.07 Å². The van der Waals surface area contributed by atoms with Crippen molar-refractivity contribution >= 4 is 17.4 Å². The summed E-state index contributed by atoms with van der Waals surface area (Å²) in [6, 6.07) is 2.29. The van der Waals surface area contributed by atoms with Crippen LogP contribution >= 0.6 is 11.6 Å². The van der Waals surface area contributed by atoms with Crippen LogP contribution in [-0.4, -0.2) is 11.0 Å². The van der Waals surface area contributed by atoms with E-state index in [0.29, 0.717) is 16.9 Å². The van der Waals surface area contributed by atoms with Crippen LogP contribution < -0.4 is 11.1 Å². The fraction of sp³-hybridized carbons (Fsp3) is 0.444. The number of nitrogens with two attached hydrogens (primary N) is 1. The Labute approximate surface area is 83.3 Å². The summed E-state index contributed by atoms with van der Waals surface area (Å²) < 4.78 is 0. The van der Waals surface area contributed by atoms with Crippen LogP contribution in [0.5, 0.6) is 0 Å². The average molecular weight is 200 g/mol. The van der Waals surface area contributed by atoms with Gasteiger partial charge >= 0.3 is 0 Å². The summed E-state index contributed by atoms with van der Waals surface area (Å²) in [6.45, 7) is 4.95. The lowest BCUT2D eigenvalue weighted by atomic mass is 10.2. The zero-order valence-corrected chi connectivity index (χ0v) is 8.60. The molecule has 0 unspecified atom stereocenters. The van der Waals surface area contributed by atoms with Gasteiger partial charge in [0.1, 0.15) is 5.82 Å². The summed E-state index contributed by atoms with van der Waals surface area (Å²) in [5, 5.41) is 3.79. The number of nitrogens with one attached hydrogen (secondary N) is 1. The summed E-state index contributed by atoms with van der Waals surface area (Å²) in [7, 11) is 0. The van der Waals surface area contributed by atoms with Crippen molar-refractivity contribution in [3.8, 4) is 0 Å². The Morgan fingerprint density at radius 3 is 2.85 bits per heavy atom. The third-order valence-electron chi connectivity index (χ3n) is 1.64. The monoisotopic (exact) mass is 199 g/mol. The molecule has 0 saturated heterocycles. The molecule has 0 radical (unpaired) electrons. The molecule has 4 heteroatoms. The summed E-state index contributed by atoms with van der Waals surface area (Å²) in [4.78, 5) is 3.96. The summed E-state index contributed by atoms with van der Waals surface area (Å²) in [5.41, 5.74) is 6.53. The lowest BCUT2D eigenvalue weighted by Gasteiger charge is -2.08. The van der Waals surface area contributed by atoms with E-state index < -0.39 is 0 Å². The first-order chi connectivity index (χ1) is 6.09. The van der Waals surface area contributed by atoms with E-state index in [2.05, 4.69) is 24.1 Å². The van der Waals surface area contributed by atoms with Gasteiger partial charge in [0.05, 0.1) is 5.02 Å². The Bertz CT molecular complexity index is 286. The number of aromatic nitrogens is 1. The van der Waals surface area contributed by atoms with Gasteiger partial charge in [-0.05, 0) is 11.6 Å². The van der Waals surface area contributed by atoms with E-state index in [9.17, 15) is 0 Å². The molecule has 0 aliphatic carbocycles. The van der Waals surface area contributed by atoms with E-state index in [-0.39, 0.29) is 0 Å². The maximum absolute atomic E-state index is 5.81. The number of pyridine rings is 1. The van der Waals surface area contributed by atoms with Gasteiger partial charge in [-0.15, -0.1) is 0 Å². The third kappa shape index (κ3) is 3.20. The van der Waals surface area contributed by atoms with Crippen molar-refractivity contribution in [3.05, 3.63) is 22.8 Å². The van der Waals surface area contributed by atoms with Crippen molar-refractivity contribution < 1.29 is 0 Å². The van der Waals surface area contributed by atoms with Crippen molar-refractivity contribution in [2.45, 2.75) is 26.4 Å². The largest absolute Gasteiger partial charge is 0.382 e. The zero-order valence-electron chi connectivity index (χ0n) is 7.84. The first-order valence-corrected chi connectivity index (χ1v) is 4.60. The second kappa shape index (κ2) is 4.44. The second-order valence-corrected chi connectivity index (χ2v) is 3.65. The van der Waals surface area contributed by atoms with Crippen molar-refractivity contribution in [2.75, 3.05) is 5.73 Å². The maximum atomic E-state index is 5.81. The minimum atomic E-state index is 0.384. The number of nitrogen functional groups attached to an aromatic ring is 1. The molecule has 1 heterocycles. The van der Waals surface area contributed by atoms with E-state index in [1.54, 1.807) is 6.20 Å². The molecule has 0 spiro atoms. The molecule has 0 aliphatic rings. The van der Waals surface area contributed by atoms with E-state index in [0.717, 1.165) is 12.1 Å². The molecular weight excluding hydrogens is 186 g/mol. The van der Waals surface area contributed by atoms with Gasteiger partial charge in [0.25, 0.3) is 0 Å². The van der Waals surface area contributed by atoms with E-state index >= 15 is 0 Å². The van der Waals surface area contributed by atoms with E-state index in [1.165, 1.54) is 0 Å². The highest BCUT2D eigenvalue weighted by Gasteiger charge is 2.00. The van der Waals surface area contributed by atoms with Crippen LogP contribution in [0, 0.1) is 0 Å². The molecule has 72 valence electrons. The molecule has 1 aromatic rings. The minimum absolute atomic E-state index is 0.384. The number of halogens is 1. The molecule has 0 amide bonds. The molecule has 3 nitrogen and oxygen atoms in total. The molecule has 0 aliphatic heterocycles. The number of hydrogen-bond acceptors (Lipinski definition) is 3. The SMILES string of the molecule is CC(C)NCc1cnc(N)c(Cl)c1. The molecule has 0 atom stereocenters. The molecular formula is C9H14ClN3. The van der Waals surface area contributed by atoms with Crippen molar-refractivity contribution in [3.63, 3.8) is 0 Å². The van der Waals surface area contributed by atoms with E-state index in [4.69, 9.17) is 17.3 Å². The second-order valence-electron chi connectivity index (χ2n) is 3.25. The smallest absolute Gasteiger partial charge is 0.142 e. The Kier molecular flexibility index (Phi) is 3.51. The molecule has 0 saturated carbocycles. The first kappa shape index (κ1) is 10.3. The number of hydrogen-bond donors (Lipinski definition) is 2. The van der Waals surface area contributed by atoms with Crippen LogP contribution in [0.15, 0.2) is 12.3 Å². The zero-order chi connectivity index (χ0) is 9.84. The Morgan fingerprint density at radius 1 is 1.62 bits per heavy atom. The first-order valence-electron chi connectivity index (χ1n) is 4.23. The highest BCUT2D eigenvalue weighted by molar-refractivity contribution is 6.32. The highest BCUT2D eigenvalue weighted by Crippen LogP contribution is 2.16. The lowest BCUT2D eigenvalue weighted by molar-refractivity contribution is 0.588. The Morgan fingerprint density at radius 2 is 2.31 bits per heavy atom. The number of nitrogens with zero attached hydrogens (tertiary/aromatic N) is 1. The van der Waals surface area contributed by atoms with Gasteiger partial charge in [0.15, 0.2) is 0 Å². The van der Waals surface area contributed by atoms with Crippen LogP contribution in [0.1, 0.15) is 19.4 Å². The molecule has 1 rings (SSSR count). The van der Waals surface area contributed by atoms with Crippen LogP contribution in [0.4, 0.5) is 5.82 Å². The van der Waals surface area contributed by atoms with Gasteiger partial charge < -0.3 is 11.1 Å². The highest BCUT2D eigenvalue weighted by atomic mass is 35.5. The predicted octanol–water partition coefficient (Wildman–Crippen LogP) is 1.82. The quantitative estimate of drug-likeness (QED) is 0.781. The summed E-state index contributed by atoms with van der Waals surface area (Å²) >= 11 is 5.81. The summed E-state index contributed by atoms with van der Waals surface area (Å²) in [5.74, 6) is 0.384. The third-order valence-corrected chi connectivity index (χ3v) is 1.94. The van der Waals surface area contributed by atoms with Crippen molar-refractivity contribution in [2.24, 2.45) is 0 Å². The fourth-order valence-electron chi connectivity index (χ4n) is 0.907. The molecule has 0 bridgehead atoms. The predicted molar refractivity (Wildman–Crippen MR) is 55.6 cm³/mol. The fourth-order valence-corrected chi connectivity index (χ4v) is 1.10. The van der Waals surface area contributed by atoms with Gasteiger partial charge in [0.2, 0.25) is 0 Å². The standard InChI is InChI=1S/C9H14ClN3/c1-6(2)12-4-7-3-8(10)9(11)13-5-7/h3,5-6,12H,4H2,1-2H3,(H2,11,13). The van der Waals surface area contributed by atoms with Crippen molar-refractivity contribution in [1.82, 2.24) is 10.3 Å². The topological polar surface area (TPSA) is 50.9 Å². The van der Waals surface area contributed by atoms with Gasteiger partial charge in [0, 0.05) is 18.8 Å². The normalized spacial score (nSPS) is 10.8. The average Bonchev–Trinajstić information content (AvgIpc) is 2.07.